The van der Waals surface area contributed by atoms with Crippen molar-refractivity contribution in [2.24, 2.45) is 0 Å². The first-order valence-corrected chi connectivity index (χ1v) is 4.00. The van der Waals surface area contributed by atoms with Gasteiger partial charge in [-0.15, -0.1) is 0 Å². The van der Waals surface area contributed by atoms with Gasteiger partial charge in [-0.05, 0) is 0 Å². The van der Waals surface area contributed by atoms with Gasteiger partial charge in [-0.25, -0.2) is 0 Å². The molecule has 8 nitrogen and oxygen atoms in total. The molecule has 0 amide bonds. The molecule has 0 aliphatic heterocycles. The van der Waals surface area contributed by atoms with Crippen LogP contribution in [-0.4, -0.2) is 52.4 Å². The summed E-state index contributed by atoms with van der Waals surface area (Å²) >= 11 is 0. The Morgan fingerprint density at radius 3 is 0.667 bits per heavy atom. The number of hydrogen-bond acceptors (Lipinski definition) is 8. The van der Waals surface area contributed by atoms with Gasteiger partial charge in [0.1, 0.15) is 0 Å². The fourth-order valence-corrected chi connectivity index (χ4v) is 0. The van der Waals surface area contributed by atoms with Crippen LogP contribution >= 0.6 is 0 Å². The summed E-state index contributed by atoms with van der Waals surface area (Å²) in [4.78, 5) is 0. The Bertz CT molecular complexity index is 213. The molecule has 0 aromatic heterocycles. The van der Waals surface area contributed by atoms with E-state index >= 15 is 0 Å². The molecule has 0 bridgehead atoms. The van der Waals surface area contributed by atoms with Crippen LogP contribution in [0.1, 0.15) is 0 Å². The molecule has 12 heavy (non-hydrogen) atoms. The summed E-state index contributed by atoms with van der Waals surface area (Å²) in [6.45, 7) is 0. The summed E-state index contributed by atoms with van der Waals surface area (Å²) in [7, 11) is -10.3. The fraction of sp³-hybridized carbons (Fsp3) is 0. The summed E-state index contributed by atoms with van der Waals surface area (Å²) in [5.74, 6) is 0. The van der Waals surface area contributed by atoms with Crippen LogP contribution in [0.3, 0.4) is 0 Å². The van der Waals surface area contributed by atoms with Crippen molar-refractivity contribution in [2.75, 3.05) is 0 Å². The quantitative estimate of drug-likeness (QED) is 0.243. The van der Waals surface area contributed by atoms with Crippen molar-refractivity contribution in [3.05, 3.63) is 0 Å². The predicted molar refractivity (Wildman–Crippen MR) is 26.7 cm³/mol. The van der Waals surface area contributed by atoms with Crippen molar-refractivity contribution in [1.29, 1.82) is 0 Å². The average Bonchev–Trinajstić information content (AvgIpc) is 1.12. The van der Waals surface area contributed by atoms with Gasteiger partial charge in [0, 0.05) is 20.8 Å². The molecule has 0 atom stereocenters. The molecule has 12 heteroatoms. The summed E-state index contributed by atoms with van der Waals surface area (Å²) in [6, 6.07) is 0. The van der Waals surface area contributed by atoms with Crippen molar-refractivity contribution in [1.82, 2.24) is 0 Å². The van der Waals surface area contributed by atoms with Gasteiger partial charge in [-0.3, -0.25) is 16.8 Å². The maximum absolute atomic E-state index is 8.52. The maximum Gasteiger partial charge on any atom is 3.00 e. The maximum atomic E-state index is 8.52. The first-order valence-electron chi connectivity index (χ1n) is 1.33. The minimum absolute atomic E-state index is 0. The van der Waals surface area contributed by atoms with E-state index in [-0.39, 0.29) is 75.5 Å². The van der Waals surface area contributed by atoms with Gasteiger partial charge < -0.3 is 18.2 Å². The van der Waals surface area contributed by atoms with E-state index in [1.54, 1.807) is 0 Å². The topological polar surface area (TPSA) is 161 Å². The molecular formula is AlO8RbS2. The minimum Gasteiger partial charge on any atom is -0.759 e. The van der Waals surface area contributed by atoms with Gasteiger partial charge in [0.25, 0.3) is 0 Å². The molecule has 0 N–H and O–H groups in total. The molecule has 0 radical (unpaired) electrons. The second kappa shape index (κ2) is 9.63. The molecule has 0 fully saturated rings. The Morgan fingerprint density at radius 2 is 0.667 bits per heavy atom. The van der Waals surface area contributed by atoms with Gasteiger partial charge in [-0.1, -0.05) is 0 Å². The van der Waals surface area contributed by atoms with Crippen LogP contribution in [0.2, 0.25) is 0 Å². The van der Waals surface area contributed by atoms with E-state index in [4.69, 9.17) is 35.0 Å². The molecule has 0 saturated carbocycles. The number of hydrogen-bond donors (Lipinski definition) is 0. The van der Waals surface area contributed by atoms with E-state index < -0.39 is 20.8 Å². The first kappa shape index (κ1) is 23.7. The van der Waals surface area contributed by atoms with Gasteiger partial charge in [0.2, 0.25) is 0 Å². The van der Waals surface area contributed by atoms with E-state index in [9.17, 15) is 0 Å². The van der Waals surface area contributed by atoms with E-state index in [2.05, 4.69) is 0 Å². The van der Waals surface area contributed by atoms with Crippen molar-refractivity contribution >= 4 is 38.2 Å². The second-order valence-corrected chi connectivity index (χ2v) is 2.45. The van der Waals surface area contributed by atoms with Crippen LogP contribution in [0.15, 0.2) is 0 Å². The summed E-state index contributed by atoms with van der Waals surface area (Å²) in [5, 5.41) is 0. The Hall–Kier alpha value is 2.08. The molecule has 0 aliphatic carbocycles. The van der Waals surface area contributed by atoms with Crippen LogP contribution in [0.25, 0.3) is 0 Å². The van der Waals surface area contributed by atoms with Crippen LogP contribution in [0, 0.1) is 0 Å². The third-order valence-corrected chi connectivity index (χ3v) is 0. The zero-order valence-electron chi connectivity index (χ0n) is 5.66. The Morgan fingerprint density at radius 1 is 0.667 bits per heavy atom. The molecule has 0 aliphatic rings. The minimum atomic E-state index is -5.17. The summed E-state index contributed by atoms with van der Waals surface area (Å²) < 4.78 is 68.2. The van der Waals surface area contributed by atoms with Crippen molar-refractivity contribution < 1.29 is 93.2 Å². The molecule has 0 aromatic rings. The van der Waals surface area contributed by atoms with Crippen LogP contribution in [-0.2, 0) is 20.8 Å². The van der Waals surface area contributed by atoms with E-state index in [1.807, 2.05) is 0 Å². The Kier molecular flexibility index (Phi) is 19.0. The molecule has 0 unspecified atom stereocenters. The monoisotopic (exact) mass is 304 g/mol. The SMILES string of the molecule is O=S(=O)([O-])[O-].O=S(=O)([O-])[O-].[Al+3].[Rb+]. The molecule has 0 saturated heterocycles. The summed E-state index contributed by atoms with van der Waals surface area (Å²) in [5.41, 5.74) is 0. The summed E-state index contributed by atoms with van der Waals surface area (Å²) in [6.07, 6.45) is 0. The Balaban J connectivity index is -0.0000000457. The molecule has 0 spiro atoms. The Labute approximate surface area is 129 Å². The van der Waals surface area contributed by atoms with Crippen molar-refractivity contribution in [3.8, 4) is 0 Å². The third kappa shape index (κ3) is 343. The smallest absolute Gasteiger partial charge is 0.759 e. The van der Waals surface area contributed by atoms with E-state index in [0.29, 0.717) is 0 Å². The molecule has 0 rings (SSSR count). The van der Waals surface area contributed by atoms with Crippen molar-refractivity contribution in [2.45, 2.75) is 0 Å². The van der Waals surface area contributed by atoms with Gasteiger partial charge in [0.15, 0.2) is 0 Å². The van der Waals surface area contributed by atoms with Crippen LogP contribution in [0.5, 0.6) is 0 Å². The third-order valence-electron chi connectivity index (χ3n) is 0. The largest absolute Gasteiger partial charge is 3.00 e. The van der Waals surface area contributed by atoms with Gasteiger partial charge in [0.05, 0.1) is 0 Å². The van der Waals surface area contributed by atoms with Crippen molar-refractivity contribution in [3.63, 3.8) is 0 Å². The van der Waals surface area contributed by atoms with Gasteiger partial charge in [-0.2, -0.15) is 0 Å². The molecule has 0 heterocycles. The van der Waals surface area contributed by atoms with Crippen LogP contribution in [0.4, 0.5) is 0 Å². The predicted octanol–water partition coefficient (Wildman–Crippen LogP) is -6.05. The standard InChI is InChI=1S/Al.2H2O4S.Rb/c;2*1-5(2,3)4;/h;2*(H2,1,2,3,4);/q+3;;;+1/p-4. The molecule has 64 valence electrons. The molecule has 0 aromatic carbocycles. The second-order valence-electron chi connectivity index (χ2n) is 0.816. The van der Waals surface area contributed by atoms with Gasteiger partial charge >= 0.3 is 75.5 Å². The average molecular weight is 305 g/mol. The molecular weight excluding hydrogens is 305 g/mol. The van der Waals surface area contributed by atoms with E-state index in [1.165, 1.54) is 0 Å². The normalized spacial score (nSPS) is 9.67. The number of rotatable bonds is 0. The van der Waals surface area contributed by atoms with Crippen LogP contribution < -0.4 is 58.2 Å². The zero-order chi connectivity index (χ0) is 9.00. The fourth-order valence-electron chi connectivity index (χ4n) is 0. The van der Waals surface area contributed by atoms with E-state index in [0.717, 1.165) is 0 Å². The zero-order valence-corrected chi connectivity index (χ0v) is 13.4. The first-order chi connectivity index (χ1) is 4.00.